The Labute approximate surface area is 73.4 Å². The van der Waals surface area contributed by atoms with Gasteiger partial charge in [0.2, 0.25) is 0 Å². The van der Waals surface area contributed by atoms with Gasteiger partial charge in [-0.15, -0.1) is 0 Å². The highest BCUT2D eigenvalue weighted by Crippen LogP contribution is 2.11. The summed E-state index contributed by atoms with van der Waals surface area (Å²) in [5.74, 6) is -2.20. The lowest BCUT2D eigenvalue weighted by Gasteiger charge is -1.98. The molecule has 1 aromatic rings. The Kier molecular flexibility index (Phi) is 2.70. The fraction of sp³-hybridized carbons (Fsp3) is 0.111. The largest absolute Gasteiger partial charge is 0.293 e. The predicted octanol–water partition coefficient (Wildman–Crippen LogP) is 2.06. The van der Waals surface area contributed by atoms with Crippen LogP contribution in [0.1, 0.15) is 16.8 Å². The summed E-state index contributed by atoms with van der Waals surface area (Å²) in [7, 11) is 0. The van der Waals surface area contributed by atoms with E-state index in [1.807, 2.05) is 0 Å². The minimum atomic E-state index is -0.804. The van der Waals surface area contributed by atoms with Crippen molar-refractivity contribution in [3.8, 4) is 6.07 Å². The van der Waals surface area contributed by atoms with Gasteiger partial charge in [-0.3, -0.25) is 4.79 Å². The molecule has 0 saturated carbocycles. The van der Waals surface area contributed by atoms with E-state index in [9.17, 15) is 13.6 Å². The van der Waals surface area contributed by atoms with E-state index in [1.54, 1.807) is 6.07 Å². The zero-order valence-electron chi connectivity index (χ0n) is 6.55. The Hall–Kier alpha value is -1.76. The van der Waals surface area contributed by atoms with Crippen LogP contribution in [0.3, 0.4) is 0 Å². The minimum Gasteiger partial charge on any atom is -0.293 e. The number of rotatable bonds is 2. The number of carbonyl (C=O) groups is 1. The third-order valence-electron chi connectivity index (χ3n) is 1.47. The van der Waals surface area contributed by atoms with Gasteiger partial charge in [-0.05, 0) is 18.2 Å². The fourth-order valence-electron chi connectivity index (χ4n) is 0.878. The van der Waals surface area contributed by atoms with Gasteiger partial charge in [-0.2, -0.15) is 5.26 Å². The van der Waals surface area contributed by atoms with Crippen molar-refractivity contribution >= 4 is 5.78 Å². The second-order valence-electron chi connectivity index (χ2n) is 2.38. The summed E-state index contributed by atoms with van der Waals surface area (Å²) in [6.07, 6.45) is -0.444. The van der Waals surface area contributed by atoms with E-state index >= 15 is 0 Å². The van der Waals surface area contributed by atoms with Gasteiger partial charge >= 0.3 is 0 Å². The summed E-state index contributed by atoms with van der Waals surface area (Å²) in [4.78, 5) is 11.0. The van der Waals surface area contributed by atoms with Crippen LogP contribution in [0.5, 0.6) is 0 Å². The third-order valence-corrected chi connectivity index (χ3v) is 1.47. The van der Waals surface area contributed by atoms with E-state index in [-0.39, 0.29) is 5.56 Å². The lowest BCUT2D eigenvalue weighted by Crippen LogP contribution is -2.01. The molecule has 0 aliphatic carbocycles. The molecule has 0 aromatic heterocycles. The Morgan fingerprint density at radius 2 is 2.15 bits per heavy atom. The van der Waals surface area contributed by atoms with Crippen LogP contribution in [0.2, 0.25) is 0 Å². The molecule has 0 aliphatic rings. The van der Waals surface area contributed by atoms with E-state index in [0.29, 0.717) is 0 Å². The zero-order chi connectivity index (χ0) is 9.84. The molecule has 0 fully saturated rings. The molecule has 66 valence electrons. The van der Waals surface area contributed by atoms with Crippen molar-refractivity contribution in [1.82, 2.24) is 0 Å². The fourth-order valence-corrected chi connectivity index (χ4v) is 0.878. The summed E-state index contributed by atoms with van der Waals surface area (Å²) in [5, 5.41) is 8.17. The van der Waals surface area contributed by atoms with Crippen molar-refractivity contribution in [2.75, 3.05) is 0 Å². The van der Waals surface area contributed by atoms with E-state index in [1.165, 1.54) is 0 Å². The van der Waals surface area contributed by atoms with Gasteiger partial charge in [-0.25, -0.2) is 8.78 Å². The van der Waals surface area contributed by atoms with Gasteiger partial charge in [-0.1, -0.05) is 0 Å². The first-order valence-electron chi connectivity index (χ1n) is 3.50. The molecule has 0 unspecified atom stereocenters. The molecule has 0 amide bonds. The monoisotopic (exact) mass is 181 g/mol. The number of halogens is 2. The summed E-state index contributed by atoms with van der Waals surface area (Å²) >= 11 is 0. The van der Waals surface area contributed by atoms with Crippen LogP contribution < -0.4 is 0 Å². The van der Waals surface area contributed by atoms with Crippen LogP contribution in [0.25, 0.3) is 0 Å². The average molecular weight is 181 g/mol. The number of nitrogens with zero attached hydrogens (tertiary/aromatic N) is 1. The van der Waals surface area contributed by atoms with Crippen LogP contribution in [0, 0.1) is 23.0 Å². The van der Waals surface area contributed by atoms with Crippen LogP contribution in [0.4, 0.5) is 8.78 Å². The molecule has 0 N–H and O–H groups in total. The van der Waals surface area contributed by atoms with Crippen LogP contribution in [0.15, 0.2) is 18.2 Å². The molecule has 0 bridgehead atoms. The SMILES string of the molecule is N#CCC(=O)c1cc(F)ccc1F. The van der Waals surface area contributed by atoms with Crippen molar-refractivity contribution in [2.24, 2.45) is 0 Å². The van der Waals surface area contributed by atoms with Crippen molar-refractivity contribution in [1.29, 1.82) is 5.26 Å². The molecular formula is C9H5F2NO. The highest BCUT2D eigenvalue weighted by Gasteiger charge is 2.11. The summed E-state index contributed by atoms with van der Waals surface area (Å²) in [6, 6.07) is 4.14. The van der Waals surface area contributed by atoms with Gasteiger partial charge in [0, 0.05) is 0 Å². The maximum atomic E-state index is 12.8. The zero-order valence-corrected chi connectivity index (χ0v) is 6.55. The van der Waals surface area contributed by atoms with Gasteiger partial charge in [0.15, 0.2) is 5.78 Å². The molecule has 0 radical (unpaired) electrons. The first-order chi connectivity index (χ1) is 6.15. The normalized spacial score (nSPS) is 9.31. The van der Waals surface area contributed by atoms with Gasteiger partial charge < -0.3 is 0 Å². The molecule has 1 aromatic carbocycles. The third kappa shape index (κ3) is 2.09. The highest BCUT2D eigenvalue weighted by molar-refractivity contribution is 5.97. The summed E-state index contributed by atoms with van der Waals surface area (Å²) in [6.45, 7) is 0. The molecule has 4 heteroatoms. The number of hydrogen-bond donors (Lipinski definition) is 0. The van der Waals surface area contributed by atoms with Crippen molar-refractivity contribution < 1.29 is 13.6 Å². The quantitative estimate of drug-likeness (QED) is 0.655. The number of ketones is 1. The maximum absolute atomic E-state index is 12.8. The second-order valence-corrected chi connectivity index (χ2v) is 2.38. The molecule has 0 aliphatic heterocycles. The molecular weight excluding hydrogens is 176 g/mol. The van der Waals surface area contributed by atoms with Gasteiger partial charge in [0.05, 0.1) is 18.1 Å². The Morgan fingerprint density at radius 3 is 2.77 bits per heavy atom. The molecule has 1 rings (SSSR count). The number of Topliss-reactive ketones (excluding diaryl/α,β-unsaturated/α-hetero) is 1. The van der Waals surface area contributed by atoms with E-state index in [2.05, 4.69) is 0 Å². The van der Waals surface area contributed by atoms with E-state index in [4.69, 9.17) is 5.26 Å². The number of hydrogen-bond acceptors (Lipinski definition) is 2. The highest BCUT2D eigenvalue weighted by atomic mass is 19.1. The molecule has 13 heavy (non-hydrogen) atoms. The van der Waals surface area contributed by atoms with Crippen LogP contribution in [-0.2, 0) is 0 Å². The molecule has 0 atom stereocenters. The number of benzene rings is 1. The van der Waals surface area contributed by atoms with Crippen molar-refractivity contribution in [3.63, 3.8) is 0 Å². The molecule has 0 saturated heterocycles. The van der Waals surface area contributed by atoms with E-state index in [0.717, 1.165) is 18.2 Å². The van der Waals surface area contributed by atoms with Crippen molar-refractivity contribution in [3.05, 3.63) is 35.4 Å². The first-order valence-corrected chi connectivity index (χ1v) is 3.50. The lowest BCUT2D eigenvalue weighted by atomic mass is 10.1. The number of carbonyl (C=O) groups excluding carboxylic acids is 1. The second kappa shape index (κ2) is 3.76. The van der Waals surface area contributed by atoms with Crippen LogP contribution >= 0.6 is 0 Å². The average Bonchev–Trinajstić information content (AvgIpc) is 2.09. The standard InChI is InChI=1S/C9H5F2NO/c10-6-1-2-8(11)7(5-6)9(13)3-4-12/h1-2,5H,3H2. The molecule has 2 nitrogen and oxygen atoms in total. The van der Waals surface area contributed by atoms with Gasteiger partial charge in [0.25, 0.3) is 0 Å². The predicted molar refractivity (Wildman–Crippen MR) is 40.9 cm³/mol. The Bertz CT molecular complexity index is 382. The smallest absolute Gasteiger partial charge is 0.179 e. The molecule has 0 spiro atoms. The first kappa shape index (κ1) is 9.33. The Morgan fingerprint density at radius 1 is 1.46 bits per heavy atom. The number of nitriles is 1. The summed E-state index contributed by atoms with van der Waals surface area (Å²) in [5.41, 5.74) is -0.374. The van der Waals surface area contributed by atoms with Gasteiger partial charge in [0.1, 0.15) is 11.6 Å². The van der Waals surface area contributed by atoms with Crippen LogP contribution in [-0.4, -0.2) is 5.78 Å². The summed E-state index contributed by atoms with van der Waals surface area (Å²) < 4.78 is 25.4. The van der Waals surface area contributed by atoms with E-state index < -0.39 is 23.8 Å². The maximum Gasteiger partial charge on any atom is 0.179 e. The minimum absolute atomic E-state index is 0.374. The molecule has 0 heterocycles. The van der Waals surface area contributed by atoms with Crippen molar-refractivity contribution in [2.45, 2.75) is 6.42 Å². The Balaban J connectivity index is 3.07. The lowest BCUT2D eigenvalue weighted by molar-refractivity contribution is 0.0993. The topological polar surface area (TPSA) is 40.9 Å².